The summed E-state index contributed by atoms with van der Waals surface area (Å²) in [5.74, 6) is 1.03. The third kappa shape index (κ3) is 14.6. The SMILES string of the molecule is CCCCC(CC)COP([O-])OCC(CC)CCCC.[Na+]. The fourth-order valence-electron chi connectivity index (χ4n) is 2.17. The van der Waals surface area contributed by atoms with Crippen molar-refractivity contribution in [2.75, 3.05) is 13.2 Å². The van der Waals surface area contributed by atoms with E-state index in [4.69, 9.17) is 9.05 Å². The molecule has 0 aromatic carbocycles. The smallest absolute Gasteiger partial charge is 0.786 e. The first-order valence-electron chi connectivity index (χ1n) is 8.40. The Labute approximate surface area is 155 Å². The van der Waals surface area contributed by atoms with Crippen LogP contribution < -0.4 is 34.5 Å². The summed E-state index contributed by atoms with van der Waals surface area (Å²) in [5, 5.41) is 0. The van der Waals surface area contributed by atoms with Crippen molar-refractivity contribution < 1.29 is 43.5 Å². The molecule has 21 heavy (non-hydrogen) atoms. The fourth-order valence-corrected chi connectivity index (χ4v) is 2.91. The Hall–Kier alpha value is 1.31. The standard InChI is InChI=1S/C16H34O3P.Na/c1-5-9-11-15(7-3)13-18-20(17)19-14-16(8-4)12-10-6-2;/h15-16H,5-14H2,1-4H3;/q-1;+1. The fraction of sp³-hybridized carbons (Fsp3) is 1.00. The molecule has 5 heteroatoms. The van der Waals surface area contributed by atoms with E-state index in [1.165, 1.54) is 25.7 Å². The van der Waals surface area contributed by atoms with E-state index in [0.717, 1.165) is 25.7 Å². The molecule has 0 amide bonds. The molecule has 122 valence electrons. The van der Waals surface area contributed by atoms with E-state index in [9.17, 15) is 4.89 Å². The van der Waals surface area contributed by atoms with Gasteiger partial charge in [-0.25, -0.2) is 0 Å². The first-order chi connectivity index (χ1) is 9.67. The van der Waals surface area contributed by atoms with Crippen LogP contribution in [0.5, 0.6) is 0 Å². The van der Waals surface area contributed by atoms with Gasteiger partial charge in [-0.2, -0.15) is 0 Å². The molecule has 0 bridgehead atoms. The predicted octanol–water partition coefficient (Wildman–Crippen LogP) is 2.04. The maximum Gasteiger partial charge on any atom is 1.00 e. The molecule has 0 spiro atoms. The Bertz CT molecular complexity index is 188. The van der Waals surface area contributed by atoms with Gasteiger partial charge in [0, 0.05) is 0 Å². The van der Waals surface area contributed by atoms with Gasteiger partial charge in [0.15, 0.2) is 0 Å². The van der Waals surface area contributed by atoms with Crippen molar-refractivity contribution in [2.45, 2.75) is 79.1 Å². The molecule has 0 heterocycles. The average molecular weight is 328 g/mol. The Morgan fingerprint density at radius 3 is 1.48 bits per heavy atom. The zero-order valence-electron chi connectivity index (χ0n) is 14.9. The molecule has 0 saturated carbocycles. The van der Waals surface area contributed by atoms with Crippen LogP contribution in [-0.4, -0.2) is 13.2 Å². The zero-order chi connectivity index (χ0) is 15.2. The molecule has 0 rings (SSSR count). The molecule has 2 unspecified atom stereocenters. The molecule has 0 N–H and O–H groups in total. The monoisotopic (exact) mass is 328 g/mol. The summed E-state index contributed by atoms with van der Waals surface area (Å²) < 4.78 is 10.8. The molecule has 0 aliphatic rings. The van der Waals surface area contributed by atoms with Gasteiger partial charge in [-0.3, -0.25) is 0 Å². The van der Waals surface area contributed by atoms with Gasteiger partial charge in [0.1, 0.15) is 0 Å². The summed E-state index contributed by atoms with van der Waals surface area (Å²) in [5.41, 5.74) is 0. The maximum atomic E-state index is 11.7. The van der Waals surface area contributed by atoms with Crippen molar-refractivity contribution in [2.24, 2.45) is 11.8 Å². The summed E-state index contributed by atoms with van der Waals surface area (Å²) in [4.78, 5) is 11.7. The van der Waals surface area contributed by atoms with E-state index >= 15 is 0 Å². The molecule has 0 aliphatic heterocycles. The quantitative estimate of drug-likeness (QED) is 0.362. The molecule has 0 saturated heterocycles. The minimum absolute atomic E-state index is 0. The molecule has 0 aromatic heterocycles. The van der Waals surface area contributed by atoms with Crippen molar-refractivity contribution >= 4 is 8.60 Å². The van der Waals surface area contributed by atoms with Gasteiger partial charge in [-0.05, 0) is 24.7 Å². The number of rotatable bonds is 14. The molecular formula is C16H34NaO3P. The number of hydrogen-bond donors (Lipinski definition) is 0. The normalized spacial score (nSPS) is 15.3. The largest absolute Gasteiger partial charge is 1.00 e. The Morgan fingerprint density at radius 2 is 1.19 bits per heavy atom. The maximum absolute atomic E-state index is 11.7. The van der Waals surface area contributed by atoms with Crippen LogP contribution in [0.25, 0.3) is 0 Å². The van der Waals surface area contributed by atoms with E-state index in [-0.39, 0.29) is 29.6 Å². The van der Waals surface area contributed by atoms with Crippen LogP contribution in [0, 0.1) is 11.8 Å². The van der Waals surface area contributed by atoms with Gasteiger partial charge in [0.05, 0.1) is 21.8 Å². The summed E-state index contributed by atoms with van der Waals surface area (Å²) in [6.07, 6.45) is 9.31. The van der Waals surface area contributed by atoms with Crippen LogP contribution in [0.3, 0.4) is 0 Å². The Kier molecular flexibility index (Phi) is 20.7. The van der Waals surface area contributed by atoms with Gasteiger partial charge in [0.25, 0.3) is 0 Å². The minimum Gasteiger partial charge on any atom is -0.786 e. The van der Waals surface area contributed by atoms with Crippen molar-refractivity contribution in [3.8, 4) is 0 Å². The van der Waals surface area contributed by atoms with Gasteiger partial charge >= 0.3 is 29.6 Å². The molecule has 3 nitrogen and oxygen atoms in total. The summed E-state index contributed by atoms with van der Waals surface area (Å²) in [6, 6.07) is 0. The van der Waals surface area contributed by atoms with Crippen LogP contribution in [-0.2, 0) is 9.05 Å². The van der Waals surface area contributed by atoms with Gasteiger partial charge in [-0.15, -0.1) is 0 Å². The first-order valence-corrected chi connectivity index (χ1v) is 9.50. The predicted molar refractivity (Wildman–Crippen MR) is 85.4 cm³/mol. The Balaban J connectivity index is 0. The third-order valence-corrected chi connectivity index (χ3v) is 4.64. The van der Waals surface area contributed by atoms with Crippen molar-refractivity contribution in [3.05, 3.63) is 0 Å². The van der Waals surface area contributed by atoms with Crippen LogP contribution in [0.2, 0.25) is 0 Å². The summed E-state index contributed by atoms with van der Waals surface area (Å²) in [7, 11) is -1.94. The van der Waals surface area contributed by atoms with Crippen molar-refractivity contribution in [3.63, 3.8) is 0 Å². The van der Waals surface area contributed by atoms with Crippen LogP contribution in [0.15, 0.2) is 0 Å². The van der Waals surface area contributed by atoms with E-state index < -0.39 is 8.60 Å². The molecule has 0 aliphatic carbocycles. The van der Waals surface area contributed by atoms with E-state index in [1.54, 1.807) is 0 Å². The second kappa shape index (κ2) is 17.7. The second-order valence-corrected chi connectivity index (χ2v) is 6.61. The van der Waals surface area contributed by atoms with Gasteiger partial charge in [-0.1, -0.05) is 66.2 Å². The average Bonchev–Trinajstić information content (AvgIpc) is 2.47. The van der Waals surface area contributed by atoms with E-state index in [0.29, 0.717) is 25.0 Å². The van der Waals surface area contributed by atoms with E-state index in [1.807, 2.05) is 0 Å². The van der Waals surface area contributed by atoms with Gasteiger partial charge < -0.3 is 13.9 Å². The first kappa shape index (κ1) is 24.6. The molecule has 0 radical (unpaired) electrons. The molecular weight excluding hydrogens is 294 g/mol. The number of hydrogen-bond acceptors (Lipinski definition) is 3. The third-order valence-electron chi connectivity index (χ3n) is 3.92. The zero-order valence-corrected chi connectivity index (χ0v) is 17.8. The van der Waals surface area contributed by atoms with Gasteiger partial charge in [0.2, 0.25) is 0 Å². The van der Waals surface area contributed by atoms with Crippen LogP contribution in [0.1, 0.15) is 79.1 Å². The minimum atomic E-state index is -1.94. The number of unbranched alkanes of at least 4 members (excludes halogenated alkanes) is 2. The van der Waals surface area contributed by atoms with Crippen molar-refractivity contribution in [1.82, 2.24) is 0 Å². The topological polar surface area (TPSA) is 41.5 Å². The van der Waals surface area contributed by atoms with Crippen LogP contribution >= 0.6 is 8.60 Å². The molecule has 0 aromatic rings. The van der Waals surface area contributed by atoms with Crippen molar-refractivity contribution in [1.29, 1.82) is 0 Å². The Morgan fingerprint density at radius 1 is 0.810 bits per heavy atom. The second-order valence-electron chi connectivity index (χ2n) is 5.65. The summed E-state index contributed by atoms with van der Waals surface area (Å²) >= 11 is 0. The van der Waals surface area contributed by atoms with Crippen LogP contribution in [0.4, 0.5) is 0 Å². The summed E-state index contributed by atoms with van der Waals surface area (Å²) in [6.45, 7) is 9.84. The molecule has 2 atom stereocenters. The van der Waals surface area contributed by atoms with E-state index in [2.05, 4.69) is 27.7 Å². The molecule has 0 fully saturated rings.